The quantitative estimate of drug-likeness (QED) is 0.853. The van der Waals surface area contributed by atoms with E-state index in [0.717, 1.165) is 23.5 Å². The number of rotatable bonds is 3. The summed E-state index contributed by atoms with van der Waals surface area (Å²) >= 11 is 5.25. The van der Waals surface area contributed by atoms with Gasteiger partial charge in [-0.25, -0.2) is 0 Å². The van der Waals surface area contributed by atoms with E-state index in [2.05, 4.69) is 36.1 Å². The van der Waals surface area contributed by atoms with Crippen LogP contribution < -0.4 is 0 Å². The van der Waals surface area contributed by atoms with Crippen LogP contribution in [0.1, 0.15) is 32.5 Å². The Morgan fingerprint density at radius 3 is 2.76 bits per heavy atom. The number of hydrogen-bond donors (Lipinski definition) is 1. The Hall–Kier alpha value is -1.43. The molecule has 1 N–H and O–H groups in total. The number of aromatic amines is 1. The van der Waals surface area contributed by atoms with Crippen molar-refractivity contribution in [2.24, 2.45) is 7.05 Å². The van der Waals surface area contributed by atoms with Crippen LogP contribution >= 0.6 is 12.2 Å². The Kier molecular flexibility index (Phi) is 3.15. The molecule has 2 rings (SSSR count). The van der Waals surface area contributed by atoms with Crippen molar-refractivity contribution in [1.29, 1.82) is 0 Å². The number of nitrogens with zero attached hydrogens (tertiary/aromatic N) is 4. The molecule has 0 aliphatic heterocycles. The smallest absolute Gasteiger partial charge is 0.195 e. The zero-order valence-corrected chi connectivity index (χ0v) is 11.4. The van der Waals surface area contributed by atoms with Crippen molar-refractivity contribution in [3.05, 3.63) is 16.7 Å². The van der Waals surface area contributed by atoms with E-state index in [9.17, 15) is 0 Å². The molecule has 0 aliphatic carbocycles. The van der Waals surface area contributed by atoms with Crippen molar-refractivity contribution in [2.75, 3.05) is 0 Å². The summed E-state index contributed by atoms with van der Waals surface area (Å²) in [4.78, 5) is 0. The number of aryl methyl sites for hydroxylation is 2. The minimum atomic E-state index is 0.279. The van der Waals surface area contributed by atoms with E-state index in [0.29, 0.717) is 4.77 Å². The maximum Gasteiger partial charge on any atom is 0.195 e. The number of aromatic nitrogens is 5. The Labute approximate surface area is 105 Å². The van der Waals surface area contributed by atoms with Crippen LogP contribution in [-0.4, -0.2) is 24.5 Å². The monoisotopic (exact) mass is 251 g/mol. The lowest BCUT2D eigenvalue weighted by molar-refractivity contribution is 0.596. The molecule has 2 aromatic rings. The second-order valence-electron chi connectivity index (χ2n) is 4.33. The molecule has 0 radical (unpaired) electrons. The molecule has 92 valence electrons. The van der Waals surface area contributed by atoms with Crippen molar-refractivity contribution < 1.29 is 0 Å². The predicted octanol–water partition coefficient (Wildman–Crippen LogP) is 2.48. The lowest BCUT2D eigenvalue weighted by atomic mass is 10.2. The predicted molar refractivity (Wildman–Crippen MR) is 69.4 cm³/mol. The molecule has 5 nitrogen and oxygen atoms in total. The van der Waals surface area contributed by atoms with Gasteiger partial charge < -0.3 is 0 Å². The van der Waals surface area contributed by atoms with Crippen LogP contribution in [0.2, 0.25) is 0 Å². The van der Waals surface area contributed by atoms with Gasteiger partial charge in [0.25, 0.3) is 0 Å². The van der Waals surface area contributed by atoms with Gasteiger partial charge in [-0.3, -0.25) is 14.3 Å². The highest BCUT2D eigenvalue weighted by molar-refractivity contribution is 7.71. The third-order valence-corrected chi connectivity index (χ3v) is 2.99. The molecule has 17 heavy (non-hydrogen) atoms. The second kappa shape index (κ2) is 4.44. The molecule has 2 heterocycles. The van der Waals surface area contributed by atoms with Gasteiger partial charge in [-0.05, 0) is 32.5 Å². The highest BCUT2D eigenvalue weighted by Crippen LogP contribution is 2.24. The summed E-state index contributed by atoms with van der Waals surface area (Å²) < 4.78 is 4.49. The molecular formula is C11H17N5S. The van der Waals surface area contributed by atoms with E-state index in [-0.39, 0.29) is 6.04 Å². The molecule has 0 bridgehead atoms. The molecular weight excluding hydrogens is 234 g/mol. The van der Waals surface area contributed by atoms with E-state index in [1.54, 1.807) is 0 Å². The summed E-state index contributed by atoms with van der Waals surface area (Å²) in [6.07, 6.45) is 2.87. The molecule has 0 fully saturated rings. The third-order valence-electron chi connectivity index (χ3n) is 2.70. The van der Waals surface area contributed by atoms with Crippen LogP contribution in [0.25, 0.3) is 11.4 Å². The number of H-pyrrole nitrogens is 1. The van der Waals surface area contributed by atoms with Crippen molar-refractivity contribution in [3.63, 3.8) is 0 Å². The van der Waals surface area contributed by atoms with Gasteiger partial charge in [0.1, 0.15) is 0 Å². The van der Waals surface area contributed by atoms with Gasteiger partial charge in [-0.15, -0.1) is 0 Å². The molecule has 2 aromatic heterocycles. The van der Waals surface area contributed by atoms with Crippen LogP contribution in [-0.2, 0) is 13.5 Å². The van der Waals surface area contributed by atoms with E-state index in [1.165, 1.54) is 0 Å². The minimum Gasteiger partial charge on any atom is -0.298 e. The molecule has 6 heteroatoms. The minimum absolute atomic E-state index is 0.279. The van der Waals surface area contributed by atoms with Gasteiger partial charge in [0.15, 0.2) is 10.6 Å². The molecule has 0 spiro atoms. The van der Waals surface area contributed by atoms with Crippen LogP contribution in [0, 0.1) is 4.77 Å². The fourth-order valence-electron chi connectivity index (χ4n) is 1.96. The van der Waals surface area contributed by atoms with Gasteiger partial charge in [-0.1, -0.05) is 6.92 Å². The van der Waals surface area contributed by atoms with Crippen molar-refractivity contribution >= 4 is 12.2 Å². The lowest BCUT2D eigenvalue weighted by Crippen LogP contribution is -2.03. The molecule has 0 unspecified atom stereocenters. The summed E-state index contributed by atoms with van der Waals surface area (Å²) in [5.74, 6) is 0.870. The van der Waals surface area contributed by atoms with E-state index >= 15 is 0 Å². The summed E-state index contributed by atoms with van der Waals surface area (Å²) in [5, 5.41) is 11.6. The summed E-state index contributed by atoms with van der Waals surface area (Å²) in [6.45, 7) is 6.28. The Balaban J connectivity index is 2.64. The van der Waals surface area contributed by atoms with E-state index in [4.69, 9.17) is 12.2 Å². The van der Waals surface area contributed by atoms with Gasteiger partial charge in [-0.2, -0.15) is 10.2 Å². The zero-order valence-electron chi connectivity index (χ0n) is 10.6. The Morgan fingerprint density at radius 1 is 1.47 bits per heavy atom. The molecule has 0 saturated carbocycles. The van der Waals surface area contributed by atoms with Gasteiger partial charge >= 0.3 is 0 Å². The van der Waals surface area contributed by atoms with Crippen molar-refractivity contribution in [2.45, 2.75) is 33.2 Å². The maximum atomic E-state index is 5.25. The zero-order chi connectivity index (χ0) is 12.6. The average molecular weight is 251 g/mol. The first kappa shape index (κ1) is 12.0. The van der Waals surface area contributed by atoms with Gasteiger partial charge in [0, 0.05) is 19.3 Å². The average Bonchev–Trinajstić information content (AvgIpc) is 2.80. The normalized spacial score (nSPS) is 11.4. The first-order chi connectivity index (χ1) is 8.04. The van der Waals surface area contributed by atoms with Gasteiger partial charge in [0.05, 0.1) is 11.3 Å². The number of nitrogens with one attached hydrogen (secondary N) is 1. The van der Waals surface area contributed by atoms with Crippen LogP contribution in [0.4, 0.5) is 0 Å². The SMILES string of the molecule is CCc1nn(C)cc1-c1n[nH]c(=S)n1C(C)C. The largest absolute Gasteiger partial charge is 0.298 e. The third kappa shape index (κ3) is 2.04. The molecule has 0 aromatic carbocycles. The maximum absolute atomic E-state index is 5.25. The standard InChI is InChI=1S/C11H17N5S/c1-5-9-8(6-15(4)14-9)10-12-13-11(17)16(10)7(2)3/h6-7H,5H2,1-4H3,(H,13,17). The first-order valence-corrected chi connectivity index (χ1v) is 6.15. The molecule has 0 saturated heterocycles. The topological polar surface area (TPSA) is 51.4 Å². The van der Waals surface area contributed by atoms with Crippen LogP contribution in [0.15, 0.2) is 6.20 Å². The number of hydrogen-bond acceptors (Lipinski definition) is 3. The molecule has 0 aliphatic rings. The first-order valence-electron chi connectivity index (χ1n) is 5.74. The Morgan fingerprint density at radius 2 is 2.18 bits per heavy atom. The summed E-state index contributed by atoms with van der Waals surface area (Å²) in [6, 6.07) is 0.279. The second-order valence-corrected chi connectivity index (χ2v) is 4.72. The summed E-state index contributed by atoms with van der Waals surface area (Å²) in [5.41, 5.74) is 2.10. The van der Waals surface area contributed by atoms with E-state index in [1.807, 2.05) is 22.5 Å². The van der Waals surface area contributed by atoms with Crippen LogP contribution in [0.5, 0.6) is 0 Å². The fraction of sp³-hybridized carbons (Fsp3) is 0.545. The van der Waals surface area contributed by atoms with Gasteiger partial charge in [0.2, 0.25) is 0 Å². The highest BCUT2D eigenvalue weighted by Gasteiger charge is 2.16. The highest BCUT2D eigenvalue weighted by atomic mass is 32.1. The molecule has 0 atom stereocenters. The summed E-state index contributed by atoms with van der Waals surface area (Å²) in [7, 11) is 1.92. The lowest BCUT2D eigenvalue weighted by Gasteiger charge is -2.09. The van der Waals surface area contributed by atoms with Crippen molar-refractivity contribution in [3.8, 4) is 11.4 Å². The fourth-order valence-corrected chi connectivity index (χ4v) is 2.30. The van der Waals surface area contributed by atoms with E-state index < -0.39 is 0 Å². The van der Waals surface area contributed by atoms with Crippen molar-refractivity contribution in [1.82, 2.24) is 24.5 Å². The Bertz CT molecular complexity index is 575. The molecule has 0 amide bonds. The van der Waals surface area contributed by atoms with Crippen LogP contribution in [0.3, 0.4) is 0 Å².